The summed E-state index contributed by atoms with van der Waals surface area (Å²) in [7, 11) is 0. The SMILES string of the molecule is O=C1CC2(CCCSC2)C(Cc2ccccc2)N1. The van der Waals surface area contributed by atoms with Crippen molar-refractivity contribution in [2.24, 2.45) is 5.41 Å². The van der Waals surface area contributed by atoms with Crippen LogP contribution in [0.25, 0.3) is 0 Å². The van der Waals surface area contributed by atoms with E-state index >= 15 is 0 Å². The van der Waals surface area contributed by atoms with Gasteiger partial charge in [0, 0.05) is 23.6 Å². The van der Waals surface area contributed by atoms with Gasteiger partial charge in [0.25, 0.3) is 0 Å². The fourth-order valence-corrected chi connectivity index (χ4v) is 4.59. The predicted molar refractivity (Wildman–Crippen MR) is 75.7 cm³/mol. The Morgan fingerprint density at radius 1 is 1.33 bits per heavy atom. The summed E-state index contributed by atoms with van der Waals surface area (Å²) < 4.78 is 0. The van der Waals surface area contributed by atoms with Crippen LogP contribution in [-0.2, 0) is 11.2 Å². The number of benzene rings is 1. The standard InChI is InChI=1S/C15H19NOS/c17-14-10-15(7-4-8-18-11-15)13(16-14)9-12-5-2-1-3-6-12/h1-3,5-6,13H,4,7-11H2,(H,16,17). The highest BCUT2D eigenvalue weighted by Crippen LogP contribution is 2.44. The van der Waals surface area contributed by atoms with Gasteiger partial charge in [-0.25, -0.2) is 0 Å². The van der Waals surface area contributed by atoms with E-state index in [0.29, 0.717) is 6.04 Å². The Balaban J connectivity index is 1.79. The Kier molecular flexibility index (Phi) is 3.33. The van der Waals surface area contributed by atoms with Crippen molar-refractivity contribution in [3.8, 4) is 0 Å². The molecule has 18 heavy (non-hydrogen) atoms. The lowest BCUT2D eigenvalue weighted by atomic mass is 9.76. The summed E-state index contributed by atoms with van der Waals surface area (Å²) in [5.74, 6) is 2.65. The number of carbonyl (C=O) groups excluding carboxylic acids is 1. The van der Waals surface area contributed by atoms with E-state index in [4.69, 9.17) is 0 Å². The molecule has 96 valence electrons. The smallest absolute Gasteiger partial charge is 0.220 e. The zero-order valence-corrected chi connectivity index (χ0v) is 11.3. The minimum atomic E-state index is 0.218. The van der Waals surface area contributed by atoms with E-state index in [-0.39, 0.29) is 11.3 Å². The molecule has 1 aromatic carbocycles. The molecule has 1 aromatic rings. The lowest BCUT2D eigenvalue weighted by Gasteiger charge is -2.37. The van der Waals surface area contributed by atoms with Crippen molar-refractivity contribution < 1.29 is 4.79 Å². The topological polar surface area (TPSA) is 29.1 Å². The molecule has 3 heteroatoms. The molecule has 0 aliphatic carbocycles. The maximum Gasteiger partial charge on any atom is 0.220 e. The number of nitrogens with one attached hydrogen (secondary N) is 1. The first-order valence-corrected chi connectivity index (χ1v) is 7.85. The average Bonchev–Trinajstić information content (AvgIpc) is 2.67. The molecule has 2 aliphatic heterocycles. The van der Waals surface area contributed by atoms with Gasteiger partial charge in [-0.05, 0) is 30.6 Å². The molecular formula is C15H19NOS. The van der Waals surface area contributed by atoms with Crippen LogP contribution >= 0.6 is 11.8 Å². The third kappa shape index (κ3) is 2.28. The molecule has 2 nitrogen and oxygen atoms in total. The lowest BCUT2D eigenvalue weighted by Crippen LogP contribution is -2.42. The summed E-state index contributed by atoms with van der Waals surface area (Å²) >= 11 is 2.02. The molecule has 2 fully saturated rings. The number of carbonyl (C=O) groups is 1. The maximum absolute atomic E-state index is 11.8. The van der Waals surface area contributed by atoms with Gasteiger partial charge < -0.3 is 5.32 Å². The second kappa shape index (κ2) is 4.96. The van der Waals surface area contributed by atoms with Gasteiger partial charge in [-0.2, -0.15) is 11.8 Å². The minimum absolute atomic E-state index is 0.218. The van der Waals surface area contributed by atoms with E-state index in [1.54, 1.807) is 0 Å². The van der Waals surface area contributed by atoms with Gasteiger partial charge in [0.05, 0.1) is 0 Å². The monoisotopic (exact) mass is 261 g/mol. The zero-order chi connectivity index (χ0) is 12.4. The molecule has 2 atom stereocenters. The van der Waals surface area contributed by atoms with Gasteiger partial charge in [-0.1, -0.05) is 30.3 Å². The highest BCUT2D eigenvalue weighted by Gasteiger charge is 2.47. The molecular weight excluding hydrogens is 242 g/mol. The van der Waals surface area contributed by atoms with Crippen LogP contribution in [0.1, 0.15) is 24.8 Å². The van der Waals surface area contributed by atoms with E-state index in [2.05, 4.69) is 29.6 Å². The van der Waals surface area contributed by atoms with Crippen LogP contribution in [0, 0.1) is 5.41 Å². The van der Waals surface area contributed by atoms with E-state index in [9.17, 15) is 4.79 Å². The Morgan fingerprint density at radius 2 is 2.17 bits per heavy atom. The molecule has 0 radical (unpaired) electrons. The van der Waals surface area contributed by atoms with Crippen LogP contribution in [-0.4, -0.2) is 23.5 Å². The fourth-order valence-electron chi connectivity index (χ4n) is 3.25. The quantitative estimate of drug-likeness (QED) is 0.886. The van der Waals surface area contributed by atoms with Crippen molar-refractivity contribution in [2.75, 3.05) is 11.5 Å². The molecule has 3 rings (SSSR count). The normalized spacial score (nSPS) is 31.6. The number of thioether (sulfide) groups is 1. The number of amides is 1. The van der Waals surface area contributed by atoms with Crippen molar-refractivity contribution in [1.82, 2.24) is 5.32 Å². The first kappa shape index (κ1) is 12.1. The summed E-state index contributed by atoms with van der Waals surface area (Å²) in [6.07, 6.45) is 4.17. The van der Waals surface area contributed by atoms with E-state index in [1.807, 2.05) is 17.8 Å². The third-order valence-corrected chi connectivity index (χ3v) is 5.58. The Bertz CT molecular complexity index is 425. The van der Waals surface area contributed by atoms with Gasteiger partial charge in [-0.15, -0.1) is 0 Å². The molecule has 0 bridgehead atoms. The molecule has 1 amide bonds. The maximum atomic E-state index is 11.8. The van der Waals surface area contributed by atoms with Gasteiger partial charge in [0.1, 0.15) is 0 Å². The van der Waals surface area contributed by atoms with Crippen molar-refractivity contribution in [3.63, 3.8) is 0 Å². The van der Waals surface area contributed by atoms with E-state index in [0.717, 1.165) is 18.6 Å². The molecule has 2 unspecified atom stereocenters. The summed E-state index contributed by atoms with van der Waals surface area (Å²) in [5.41, 5.74) is 1.55. The van der Waals surface area contributed by atoms with Gasteiger partial charge in [0.15, 0.2) is 0 Å². The third-order valence-electron chi connectivity index (χ3n) is 4.22. The first-order valence-electron chi connectivity index (χ1n) is 6.70. The minimum Gasteiger partial charge on any atom is -0.352 e. The highest BCUT2D eigenvalue weighted by atomic mass is 32.2. The number of hydrogen-bond acceptors (Lipinski definition) is 2. The lowest BCUT2D eigenvalue weighted by molar-refractivity contribution is -0.119. The Hall–Kier alpha value is -0.960. The Labute approximate surface area is 113 Å². The number of rotatable bonds is 2. The molecule has 0 aromatic heterocycles. The highest BCUT2D eigenvalue weighted by molar-refractivity contribution is 7.99. The van der Waals surface area contributed by atoms with Crippen molar-refractivity contribution in [3.05, 3.63) is 35.9 Å². The summed E-state index contributed by atoms with van der Waals surface area (Å²) in [6.45, 7) is 0. The fraction of sp³-hybridized carbons (Fsp3) is 0.533. The number of hydrogen-bond donors (Lipinski definition) is 1. The molecule has 2 aliphatic rings. The van der Waals surface area contributed by atoms with Crippen LogP contribution in [0.4, 0.5) is 0 Å². The van der Waals surface area contributed by atoms with Crippen LogP contribution < -0.4 is 5.32 Å². The second-order valence-corrected chi connectivity index (χ2v) is 6.61. The van der Waals surface area contributed by atoms with Crippen LogP contribution in [0.3, 0.4) is 0 Å². The summed E-state index contributed by atoms with van der Waals surface area (Å²) in [5, 5.41) is 3.21. The van der Waals surface area contributed by atoms with Crippen LogP contribution in [0.5, 0.6) is 0 Å². The van der Waals surface area contributed by atoms with Crippen molar-refractivity contribution in [1.29, 1.82) is 0 Å². The molecule has 0 saturated carbocycles. The summed E-state index contributed by atoms with van der Waals surface area (Å²) in [4.78, 5) is 11.8. The van der Waals surface area contributed by atoms with E-state index in [1.165, 1.54) is 24.2 Å². The predicted octanol–water partition coefficient (Wildman–Crippen LogP) is 2.63. The zero-order valence-electron chi connectivity index (χ0n) is 10.5. The van der Waals surface area contributed by atoms with Crippen molar-refractivity contribution >= 4 is 17.7 Å². The molecule has 1 N–H and O–H groups in total. The molecule has 2 heterocycles. The average molecular weight is 261 g/mol. The Morgan fingerprint density at radius 3 is 2.89 bits per heavy atom. The second-order valence-electron chi connectivity index (χ2n) is 5.51. The first-order chi connectivity index (χ1) is 8.78. The largest absolute Gasteiger partial charge is 0.352 e. The van der Waals surface area contributed by atoms with Gasteiger partial charge >= 0.3 is 0 Å². The van der Waals surface area contributed by atoms with Gasteiger partial charge in [0.2, 0.25) is 5.91 Å². The van der Waals surface area contributed by atoms with Gasteiger partial charge in [-0.3, -0.25) is 4.79 Å². The molecule has 1 spiro atoms. The van der Waals surface area contributed by atoms with Crippen LogP contribution in [0.15, 0.2) is 30.3 Å². The van der Waals surface area contributed by atoms with Crippen molar-refractivity contribution in [2.45, 2.75) is 31.7 Å². The van der Waals surface area contributed by atoms with E-state index < -0.39 is 0 Å². The molecule has 2 saturated heterocycles. The van der Waals surface area contributed by atoms with Crippen LogP contribution in [0.2, 0.25) is 0 Å². The summed E-state index contributed by atoms with van der Waals surface area (Å²) in [6, 6.07) is 10.9.